The Hall–Kier alpha value is -2.29. The minimum atomic E-state index is -0.186. The highest BCUT2D eigenvalue weighted by atomic mass is 16.5. The van der Waals surface area contributed by atoms with Crippen molar-refractivity contribution in [1.82, 2.24) is 0 Å². The number of hydrogen-bond donors (Lipinski definition) is 0. The van der Waals surface area contributed by atoms with Crippen LogP contribution in [0.4, 0.5) is 0 Å². The van der Waals surface area contributed by atoms with Crippen LogP contribution in [0.3, 0.4) is 0 Å². The Morgan fingerprint density at radius 3 is 1.75 bits per heavy atom. The number of ether oxygens (including phenoxy) is 2. The molecule has 0 aliphatic carbocycles. The topological polar surface area (TPSA) is 35.5 Å². The molecule has 0 aliphatic heterocycles. The van der Waals surface area contributed by atoms with Gasteiger partial charge < -0.3 is 9.47 Å². The van der Waals surface area contributed by atoms with Gasteiger partial charge >= 0.3 is 0 Å². The predicted octanol–water partition coefficient (Wildman–Crippen LogP) is 3.69. The molecule has 0 radical (unpaired) electrons. The molecule has 0 bridgehead atoms. The second kappa shape index (κ2) is 6.24. The van der Waals surface area contributed by atoms with Crippen LogP contribution < -0.4 is 9.47 Å². The first kappa shape index (κ1) is 14.1. The lowest BCUT2D eigenvalue weighted by Crippen LogP contribution is -2.09. The number of methoxy groups -OCH3 is 2. The van der Waals surface area contributed by atoms with E-state index < -0.39 is 0 Å². The third-order valence-electron chi connectivity index (χ3n) is 3.38. The van der Waals surface area contributed by atoms with E-state index >= 15 is 0 Å². The molecule has 0 spiro atoms. The summed E-state index contributed by atoms with van der Waals surface area (Å²) in [6, 6.07) is 14.8. The Morgan fingerprint density at radius 2 is 1.30 bits per heavy atom. The zero-order chi connectivity index (χ0) is 14.5. The minimum absolute atomic E-state index is 0.0952. The van der Waals surface area contributed by atoms with E-state index in [9.17, 15) is 4.79 Å². The van der Waals surface area contributed by atoms with E-state index in [0.29, 0.717) is 5.56 Å². The van der Waals surface area contributed by atoms with Gasteiger partial charge in [0, 0.05) is 11.5 Å². The fourth-order valence-electron chi connectivity index (χ4n) is 2.05. The average molecular weight is 270 g/mol. The summed E-state index contributed by atoms with van der Waals surface area (Å²) < 4.78 is 10.2. The van der Waals surface area contributed by atoms with Crippen molar-refractivity contribution in [3.8, 4) is 11.5 Å². The summed E-state index contributed by atoms with van der Waals surface area (Å²) in [5.74, 6) is 1.45. The van der Waals surface area contributed by atoms with Gasteiger partial charge in [0.1, 0.15) is 11.5 Å². The van der Waals surface area contributed by atoms with Crippen molar-refractivity contribution < 1.29 is 14.3 Å². The Kier molecular flexibility index (Phi) is 4.41. The zero-order valence-corrected chi connectivity index (χ0v) is 11.9. The van der Waals surface area contributed by atoms with E-state index in [0.717, 1.165) is 17.1 Å². The molecular weight excluding hydrogens is 252 g/mol. The van der Waals surface area contributed by atoms with Gasteiger partial charge in [-0.3, -0.25) is 4.79 Å². The molecule has 0 saturated carbocycles. The number of carbonyl (C=O) groups excluding carboxylic acids is 1. The maximum absolute atomic E-state index is 12.4. The van der Waals surface area contributed by atoms with Crippen molar-refractivity contribution in [3.63, 3.8) is 0 Å². The maximum atomic E-state index is 12.4. The van der Waals surface area contributed by atoms with E-state index in [1.807, 2.05) is 31.2 Å². The number of benzene rings is 2. The monoisotopic (exact) mass is 270 g/mol. The molecule has 104 valence electrons. The number of Topliss-reactive ketones (excluding diaryl/α,β-unsaturated/α-hetero) is 1. The predicted molar refractivity (Wildman–Crippen MR) is 78.7 cm³/mol. The molecule has 0 aliphatic rings. The van der Waals surface area contributed by atoms with Crippen molar-refractivity contribution >= 4 is 5.78 Å². The first-order valence-electron chi connectivity index (χ1n) is 6.48. The number of rotatable bonds is 5. The fraction of sp³-hybridized carbons (Fsp3) is 0.235. The quantitative estimate of drug-likeness (QED) is 0.777. The van der Waals surface area contributed by atoms with Crippen molar-refractivity contribution in [2.75, 3.05) is 14.2 Å². The molecule has 0 unspecified atom stereocenters. The van der Waals surface area contributed by atoms with Gasteiger partial charge in [-0.1, -0.05) is 19.1 Å². The molecule has 0 heterocycles. The molecule has 0 fully saturated rings. The smallest absolute Gasteiger partial charge is 0.170 e. The summed E-state index contributed by atoms with van der Waals surface area (Å²) >= 11 is 0. The third-order valence-corrected chi connectivity index (χ3v) is 3.38. The lowest BCUT2D eigenvalue weighted by atomic mass is 9.92. The molecule has 2 aromatic rings. The van der Waals surface area contributed by atoms with Gasteiger partial charge in [0.05, 0.1) is 14.2 Å². The lowest BCUT2D eigenvalue weighted by Gasteiger charge is -2.12. The van der Waals surface area contributed by atoms with Gasteiger partial charge in [0.25, 0.3) is 0 Å². The molecule has 2 rings (SSSR count). The summed E-state index contributed by atoms with van der Waals surface area (Å²) in [5.41, 5.74) is 1.67. The maximum Gasteiger partial charge on any atom is 0.170 e. The van der Waals surface area contributed by atoms with Gasteiger partial charge in [-0.15, -0.1) is 0 Å². The second-order valence-electron chi connectivity index (χ2n) is 4.59. The summed E-state index contributed by atoms with van der Waals surface area (Å²) in [4.78, 5) is 12.4. The Morgan fingerprint density at radius 1 is 0.850 bits per heavy atom. The Balaban J connectivity index is 2.17. The highest BCUT2D eigenvalue weighted by Crippen LogP contribution is 2.23. The summed E-state index contributed by atoms with van der Waals surface area (Å²) in [7, 11) is 3.23. The van der Waals surface area contributed by atoms with Crippen LogP contribution in [-0.4, -0.2) is 20.0 Å². The van der Waals surface area contributed by atoms with Crippen LogP contribution in [0.25, 0.3) is 0 Å². The molecule has 0 saturated heterocycles. The molecule has 2 aromatic carbocycles. The van der Waals surface area contributed by atoms with Crippen LogP contribution in [0.5, 0.6) is 11.5 Å². The summed E-state index contributed by atoms with van der Waals surface area (Å²) in [6.07, 6.45) is 0. The molecule has 3 nitrogen and oxygen atoms in total. The average Bonchev–Trinajstić information content (AvgIpc) is 2.53. The van der Waals surface area contributed by atoms with E-state index in [2.05, 4.69) is 0 Å². The van der Waals surface area contributed by atoms with Crippen LogP contribution in [0.2, 0.25) is 0 Å². The Labute approximate surface area is 119 Å². The van der Waals surface area contributed by atoms with E-state index in [-0.39, 0.29) is 11.7 Å². The Bertz CT molecular complexity index is 570. The van der Waals surface area contributed by atoms with Gasteiger partial charge in [-0.2, -0.15) is 0 Å². The molecule has 20 heavy (non-hydrogen) atoms. The molecule has 1 atom stereocenters. The van der Waals surface area contributed by atoms with Crippen LogP contribution in [0, 0.1) is 0 Å². The van der Waals surface area contributed by atoms with E-state index in [4.69, 9.17) is 9.47 Å². The zero-order valence-electron chi connectivity index (χ0n) is 11.9. The van der Waals surface area contributed by atoms with Crippen LogP contribution >= 0.6 is 0 Å². The third kappa shape index (κ3) is 2.99. The SMILES string of the molecule is COc1ccc(C(=O)[C@@H](C)c2ccc(OC)cc2)cc1. The summed E-state index contributed by atoms with van der Waals surface area (Å²) in [5, 5.41) is 0. The van der Waals surface area contributed by atoms with E-state index in [1.165, 1.54) is 0 Å². The highest BCUT2D eigenvalue weighted by Gasteiger charge is 2.17. The molecular formula is C17H18O3. The minimum Gasteiger partial charge on any atom is -0.497 e. The molecule has 3 heteroatoms. The first-order valence-corrected chi connectivity index (χ1v) is 6.48. The van der Waals surface area contributed by atoms with E-state index in [1.54, 1.807) is 38.5 Å². The standard InChI is InChI=1S/C17H18O3/c1-12(13-4-8-15(19-2)9-5-13)17(18)14-6-10-16(20-3)11-7-14/h4-12H,1-3H3/t12-/m0/s1. The molecule has 0 amide bonds. The normalized spacial score (nSPS) is 11.8. The van der Waals surface area contributed by atoms with Crippen molar-refractivity contribution in [2.24, 2.45) is 0 Å². The first-order chi connectivity index (χ1) is 9.65. The summed E-state index contributed by atoms with van der Waals surface area (Å²) in [6.45, 7) is 1.91. The second-order valence-corrected chi connectivity index (χ2v) is 4.59. The fourth-order valence-corrected chi connectivity index (χ4v) is 2.05. The van der Waals surface area contributed by atoms with Gasteiger partial charge in [-0.05, 0) is 42.0 Å². The molecule has 0 N–H and O–H groups in total. The van der Waals surface area contributed by atoms with Gasteiger partial charge in [0.2, 0.25) is 0 Å². The number of hydrogen-bond acceptors (Lipinski definition) is 3. The number of carbonyl (C=O) groups is 1. The largest absolute Gasteiger partial charge is 0.497 e. The van der Waals surface area contributed by atoms with Crippen LogP contribution in [0.15, 0.2) is 48.5 Å². The van der Waals surface area contributed by atoms with Gasteiger partial charge in [-0.25, -0.2) is 0 Å². The van der Waals surface area contributed by atoms with Crippen LogP contribution in [-0.2, 0) is 0 Å². The van der Waals surface area contributed by atoms with Crippen molar-refractivity contribution in [2.45, 2.75) is 12.8 Å². The van der Waals surface area contributed by atoms with Crippen molar-refractivity contribution in [1.29, 1.82) is 0 Å². The van der Waals surface area contributed by atoms with Crippen LogP contribution in [0.1, 0.15) is 28.8 Å². The molecule has 0 aromatic heterocycles. The number of ketones is 1. The lowest BCUT2D eigenvalue weighted by molar-refractivity contribution is 0.0966. The van der Waals surface area contributed by atoms with Crippen molar-refractivity contribution in [3.05, 3.63) is 59.7 Å². The van der Waals surface area contributed by atoms with Gasteiger partial charge in [0.15, 0.2) is 5.78 Å². The highest BCUT2D eigenvalue weighted by molar-refractivity contribution is 6.00.